The molecule has 0 spiro atoms. The molecule has 2 atom stereocenters. The Hall–Kier alpha value is -4.30. The molecule has 1 aromatic carbocycles. The van der Waals surface area contributed by atoms with Crippen molar-refractivity contribution in [1.82, 2.24) is 24.8 Å². The van der Waals surface area contributed by atoms with Crippen molar-refractivity contribution in [3.63, 3.8) is 0 Å². The molecule has 1 aliphatic heterocycles. The Morgan fingerprint density at radius 1 is 1.02 bits per heavy atom. The number of aliphatic hydroxyl groups is 1. The van der Waals surface area contributed by atoms with E-state index < -0.39 is 119 Å². The van der Waals surface area contributed by atoms with Crippen LogP contribution in [0.1, 0.15) is 27.9 Å². The van der Waals surface area contributed by atoms with E-state index in [1.807, 2.05) is 5.32 Å². The first kappa shape index (κ1) is 33.6. The first-order valence-electron chi connectivity index (χ1n) is 12.3. The smallest absolute Gasteiger partial charge is 0.382 e. The van der Waals surface area contributed by atoms with Crippen molar-refractivity contribution in [2.24, 2.45) is 0 Å². The molecule has 2 aromatic heterocycles. The lowest BCUT2D eigenvalue weighted by molar-refractivity contribution is -0.367. The average Bonchev–Trinajstić information content (AvgIpc) is 3.48. The molecule has 1 aliphatic rings. The van der Waals surface area contributed by atoms with E-state index in [-0.39, 0.29) is 4.90 Å². The van der Waals surface area contributed by atoms with Gasteiger partial charge in [0.15, 0.2) is 5.82 Å². The first-order chi connectivity index (χ1) is 20.6. The van der Waals surface area contributed by atoms with Crippen molar-refractivity contribution >= 4 is 23.1 Å². The zero-order valence-corrected chi connectivity index (χ0v) is 22.0. The molecule has 9 nitrogen and oxygen atoms in total. The van der Waals surface area contributed by atoms with Crippen LogP contribution in [-0.4, -0.2) is 79.7 Å². The number of nitrogens with two attached hydrogens (primary N) is 1. The number of carbonyl (C=O) groups excluding carboxylic acids is 2. The number of benzene rings is 1. The Morgan fingerprint density at radius 2 is 1.64 bits per heavy atom. The highest BCUT2D eigenvalue weighted by Crippen LogP contribution is 2.46. The lowest BCUT2D eigenvalue weighted by Gasteiger charge is -2.32. The van der Waals surface area contributed by atoms with Gasteiger partial charge in [0.1, 0.15) is 30.5 Å². The van der Waals surface area contributed by atoms with Gasteiger partial charge in [-0.2, -0.15) is 44.6 Å². The van der Waals surface area contributed by atoms with E-state index in [2.05, 4.69) is 10.1 Å². The van der Waals surface area contributed by atoms with Crippen molar-refractivity contribution in [2.45, 2.75) is 49.4 Å². The topological polar surface area (TPSA) is 126 Å². The fourth-order valence-electron chi connectivity index (χ4n) is 4.65. The molecule has 2 amide bonds. The van der Waals surface area contributed by atoms with Gasteiger partial charge in [0.25, 0.3) is 11.5 Å². The number of carbonyl (C=O) groups is 2. The van der Waals surface area contributed by atoms with Crippen LogP contribution in [0.5, 0.6) is 0 Å². The number of nitrogen functional groups attached to an aromatic ring is 1. The highest BCUT2D eigenvalue weighted by atomic mass is 19.4. The predicted octanol–water partition coefficient (Wildman–Crippen LogP) is 4.13. The van der Waals surface area contributed by atoms with Gasteiger partial charge in [-0.3, -0.25) is 9.59 Å². The van der Waals surface area contributed by atoms with Crippen LogP contribution in [0.3, 0.4) is 0 Å². The molecule has 1 saturated heterocycles. The maximum atomic E-state index is 14.9. The third-order valence-corrected chi connectivity index (χ3v) is 7.02. The highest BCUT2D eigenvalue weighted by Gasteiger charge is 2.71. The summed E-state index contributed by atoms with van der Waals surface area (Å²) in [6.45, 7) is -3.80. The second kappa shape index (κ2) is 11.2. The Morgan fingerprint density at radius 3 is 2.20 bits per heavy atom. The number of rotatable bonds is 6. The second-order valence-electron chi connectivity index (χ2n) is 9.89. The number of hydrogen-bond donors (Lipinski definition) is 3. The molecule has 0 radical (unpaired) electrons. The second-order valence-corrected chi connectivity index (χ2v) is 9.89. The average molecular weight is 666 g/mol. The van der Waals surface area contributed by atoms with Gasteiger partial charge in [-0.05, 0) is 18.2 Å². The third kappa shape index (κ3) is 6.03. The summed E-state index contributed by atoms with van der Waals surface area (Å²) in [6.07, 6.45) is -21.8. The predicted molar refractivity (Wildman–Crippen MR) is 127 cm³/mol. The fourth-order valence-corrected chi connectivity index (χ4v) is 4.65. The molecule has 1 fully saturated rings. The summed E-state index contributed by atoms with van der Waals surface area (Å²) in [4.78, 5) is 28.9. The van der Waals surface area contributed by atoms with E-state index in [4.69, 9.17) is 5.73 Å². The number of amides is 2. The third-order valence-electron chi connectivity index (χ3n) is 7.02. The Labute approximate surface area is 242 Å². The summed E-state index contributed by atoms with van der Waals surface area (Å²) >= 11 is 0. The van der Waals surface area contributed by atoms with Crippen molar-refractivity contribution in [3.8, 4) is 11.3 Å². The molecule has 45 heavy (non-hydrogen) atoms. The zero-order valence-electron chi connectivity index (χ0n) is 22.0. The van der Waals surface area contributed by atoms with E-state index in [9.17, 15) is 67.4 Å². The molecule has 3 heterocycles. The van der Waals surface area contributed by atoms with Gasteiger partial charge < -0.3 is 21.1 Å². The number of hydrogen-bond acceptors (Lipinski definition) is 6. The maximum absolute atomic E-state index is 14.9. The number of likely N-dealkylation sites (tertiary alicyclic amines) is 1. The number of alkyl halides is 11. The number of anilines is 1. The van der Waals surface area contributed by atoms with Crippen molar-refractivity contribution in [2.75, 3.05) is 18.8 Å². The van der Waals surface area contributed by atoms with Crippen LogP contribution in [0.25, 0.3) is 16.8 Å². The quantitative estimate of drug-likeness (QED) is 0.340. The lowest BCUT2D eigenvalue weighted by Crippen LogP contribution is -2.59. The van der Waals surface area contributed by atoms with Gasteiger partial charge >= 0.3 is 18.5 Å². The molecule has 4 rings (SSSR count). The van der Waals surface area contributed by atoms with Gasteiger partial charge in [0.05, 0.1) is 30.3 Å². The monoisotopic (exact) mass is 666 g/mol. The summed E-state index contributed by atoms with van der Waals surface area (Å²) in [7, 11) is 0. The molecule has 0 aliphatic carbocycles. The van der Waals surface area contributed by atoms with Crippen molar-refractivity contribution in [3.05, 3.63) is 47.0 Å². The molecule has 4 N–H and O–H groups in total. The van der Waals surface area contributed by atoms with Crippen LogP contribution in [0.4, 0.5) is 58.5 Å². The van der Waals surface area contributed by atoms with E-state index in [0.29, 0.717) is 16.6 Å². The minimum absolute atomic E-state index is 0.167. The number of aromatic nitrogens is 3. The van der Waals surface area contributed by atoms with Crippen molar-refractivity contribution in [1.29, 1.82) is 0 Å². The van der Waals surface area contributed by atoms with E-state index in [1.165, 1.54) is 0 Å². The fraction of sp³-hybridized carbons (Fsp3) is 0.417. The highest BCUT2D eigenvalue weighted by molar-refractivity contribution is 5.97. The van der Waals surface area contributed by atoms with E-state index in [1.54, 1.807) is 0 Å². The molecule has 246 valence electrons. The molecule has 21 heteroatoms. The Balaban J connectivity index is 1.64. The summed E-state index contributed by atoms with van der Waals surface area (Å²) in [5.41, 5.74) is -4.78. The minimum atomic E-state index is -6.34. The largest absolute Gasteiger partial charge is 0.426 e. The Bertz CT molecular complexity index is 1620. The number of nitrogens with zero attached hydrogens (tertiary/aromatic N) is 4. The van der Waals surface area contributed by atoms with Gasteiger partial charge in [0.2, 0.25) is 5.91 Å². The summed E-state index contributed by atoms with van der Waals surface area (Å²) in [5.74, 6) is -5.51. The maximum Gasteiger partial charge on any atom is 0.426 e. The Kier molecular flexibility index (Phi) is 8.40. The van der Waals surface area contributed by atoms with Gasteiger partial charge in [-0.25, -0.2) is 22.7 Å². The molecule has 0 unspecified atom stereocenters. The van der Waals surface area contributed by atoms with Gasteiger partial charge in [0, 0.05) is 23.2 Å². The molecule has 0 bridgehead atoms. The number of fused-ring (bicyclic) bond motifs is 1. The van der Waals surface area contributed by atoms with Gasteiger partial charge in [-0.1, -0.05) is 0 Å². The molecular weight excluding hydrogens is 648 g/mol. The van der Waals surface area contributed by atoms with E-state index in [0.717, 1.165) is 12.4 Å². The van der Waals surface area contributed by atoms with Crippen LogP contribution in [0.15, 0.2) is 24.5 Å². The SMILES string of the molecule is Nc1ncnn2c(-c3cc(F)c(CF)c(C(=O)N[C@@H]4CN(C(=O)CC(O)(C(F)(F)F)C(F)(F)F)C[C@@H]4F)c3)cc(C(F)(F)F)c12. The van der Waals surface area contributed by atoms with E-state index >= 15 is 0 Å². The minimum Gasteiger partial charge on any atom is -0.382 e. The van der Waals surface area contributed by atoms with Crippen LogP contribution in [0, 0.1) is 5.82 Å². The summed E-state index contributed by atoms with van der Waals surface area (Å²) in [6, 6.07) is -0.0372. The molecule has 3 aromatic rings. The molecule has 0 saturated carbocycles. The summed E-state index contributed by atoms with van der Waals surface area (Å²) < 4.78 is 163. The van der Waals surface area contributed by atoms with Crippen molar-refractivity contribution < 1.29 is 67.4 Å². The zero-order chi connectivity index (χ0) is 33.9. The van der Waals surface area contributed by atoms with Crippen LogP contribution in [-0.2, 0) is 17.6 Å². The molecular formula is C24H18F12N6O3. The summed E-state index contributed by atoms with van der Waals surface area (Å²) in [5, 5.41) is 14.8. The number of halogens is 12. The number of nitrogens with one attached hydrogen (secondary N) is 1. The standard InChI is InChI=1S/C24H18F12N6O3/c25-5-11-10(1-9(2-13(11)26)16-3-12(22(28,29)30)18-19(37)38-8-39-42(16)18)20(44)40-15-7-41(6-14(15)27)17(43)4-21(45,23(31,32)33)24(34,35)36/h1-3,8,14-15,45H,4-7H2,(H,40,44)(H2,37,38,39)/t14-,15+/m0/s1. The van der Waals surface area contributed by atoms with Crippen LogP contribution in [0.2, 0.25) is 0 Å². The van der Waals surface area contributed by atoms with Crippen LogP contribution >= 0.6 is 0 Å². The lowest BCUT2D eigenvalue weighted by atomic mass is 9.97. The van der Waals surface area contributed by atoms with Gasteiger partial charge in [-0.15, -0.1) is 0 Å². The van der Waals surface area contributed by atoms with Crippen LogP contribution < -0.4 is 11.1 Å². The normalized spacial score (nSPS) is 18.1. The first-order valence-corrected chi connectivity index (χ1v) is 12.3.